The second kappa shape index (κ2) is 8.71. The summed E-state index contributed by atoms with van der Waals surface area (Å²) in [5.41, 5.74) is 6.69. The summed E-state index contributed by atoms with van der Waals surface area (Å²) < 4.78 is 0. The van der Waals surface area contributed by atoms with Crippen LogP contribution in [-0.4, -0.2) is 12.3 Å². The first kappa shape index (κ1) is 13.7. The quantitative estimate of drug-likeness (QED) is 0.627. The summed E-state index contributed by atoms with van der Waals surface area (Å²) in [7, 11) is 0. The van der Waals surface area contributed by atoms with Gasteiger partial charge < -0.3 is 5.73 Å². The van der Waals surface area contributed by atoms with E-state index in [1.54, 1.807) is 6.08 Å². The Labute approximate surface area is 104 Å². The molecule has 1 aliphatic rings. The Morgan fingerprint density at radius 3 is 2.18 bits per heavy atom. The molecular formula is C15H21NO. The molecule has 2 nitrogen and oxygen atoms in total. The van der Waals surface area contributed by atoms with Crippen molar-refractivity contribution in [2.75, 3.05) is 0 Å². The molecule has 0 unspecified atom stereocenters. The van der Waals surface area contributed by atoms with Crippen LogP contribution in [0.1, 0.15) is 37.7 Å². The Morgan fingerprint density at radius 1 is 1.06 bits per heavy atom. The highest BCUT2D eigenvalue weighted by molar-refractivity contribution is 5.73. The highest BCUT2D eigenvalue weighted by Crippen LogP contribution is 2.14. The van der Waals surface area contributed by atoms with E-state index in [4.69, 9.17) is 5.73 Å². The van der Waals surface area contributed by atoms with Crippen LogP contribution in [0.3, 0.4) is 0 Å². The van der Waals surface area contributed by atoms with E-state index in [0.717, 1.165) is 11.8 Å². The molecule has 1 aromatic rings. The van der Waals surface area contributed by atoms with Gasteiger partial charge in [-0.15, -0.1) is 0 Å². The van der Waals surface area contributed by atoms with Crippen molar-refractivity contribution in [3.05, 3.63) is 42.0 Å². The van der Waals surface area contributed by atoms with Gasteiger partial charge in [-0.1, -0.05) is 55.7 Å². The van der Waals surface area contributed by atoms with Crippen LogP contribution in [0.15, 0.2) is 36.4 Å². The molecule has 1 aliphatic carbocycles. The number of hydrogen-bond donors (Lipinski definition) is 1. The van der Waals surface area contributed by atoms with Crippen molar-refractivity contribution < 1.29 is 4.79 Å². The number of aldehydes is 1. The molecule has 1 fully saturated rings. The molecule has 2 heteroatoms. The molecular weight excluding hydrogens is 210 g/mol. The number of hydrogen-bond acceptors (Lipinski definition) is 2. The van der Waals surface area contributed by atoms with Crippen molar-refractivity contribution in [3.8, 4) is 0 Å². The van der Waals surface area contributed by atoms with E-state index in [-0.39, 0.29) is 0 Å². The number of carbonyl (C=O) groups is 1. The van der Waals surface area contributed by atoms with Crippen molar-refractivity contribution in [3.63, 3.8) is 0 Å². The number of allylic oxidation sites excluding steroid dienone is 1. The van der Waals surface area contributed by atoms with Gasteiger partial charge in [0.25, 0.3) is 0 Å². The van der Waals surface area contributed by atoms with E-state index in [2.05, 4.69) is 0 Å². The summed E-state index contributed by atoms with van der Waals surface area (Å²) in [6, 6.07) is 10.2. The molecule has 92 valence electrons. The highest BCUT2D eigenvalue weighted by Gasteiger charge is 2.06. The van der Waals surface area contributed by atoms with Gasteiger partial charge in [0.05, 0.1) is 0 Å². The van der Waals surface area contributed by atoms with E-state index < -0.39 is 0 Å². The fourth-order valence-electron chi connectivity index (χ4n) is 1.85. The largest absolute Gasteiger partial charge is 0.328 e. The van der Waals surface area contributed by atoms with E-state index in [1.165, 1.54) is 38.2 Å². The summed E-state index contributed by atoms with van der Waals surface area (Å²) in [6.07, 6.45) is 10.7. The molecule has 1 saturated carbocycles. The van der Waals surface area contributed by atoms with E-state index in [0.29, 0.717) is 6.04 Å². The van der Waals surface area contributed by atoms with Gasteiger partial charge in [0.1, 0.15) is 6.29 Å². The lowest BCUT2D eigenvalue weighted by atomic mass is 9.97. The first-order valence-electron chi connectivity index (χ1n) is 6.25. The minimum Gasteiger partial charge on any atom is -0.328 e. The summed E-state index contributed by atoms with van der Waals surface area (Å²) in [5.74, 6) is 0. The number of nitrogens with two attached hydrogens (primary N) is 1. The third-order valence-electron chi connectivity index (χ3n) is 2.82. The zero-order valence-electron chi connectivity index (χ0n) is 10.2. The molecule has 0 aromatic heterocycles. The van der Waals surface area contributed by atoms with Gasteiger partial charge in [-0.05, 0) is 24.5 Å². The van der Waals surface area contributed by atoms with E-state index >= 15 is 0 Å². The van der Waals surface area contributed by atoms with Crippen LogP contribution in [0.5, 0.6) is 0 Å². The average Bonchev–Trinajstić information content (AvgIpc) is 2.39. The van der Waals surface area contributed by atoms with Crippen molar-refractivity contribution in [1.29, 1.82) is 0 Å². The lowest BCUT2D eigenvalue weighted by Crippen LogP contribution is -2.22. The molecule has 0 spiro atoms. The first-order valence-corrected chi connectivity index (χ1v) is 6.25. The van der Waals surface area contributed by atoms with Gasteiger partial charge in [-0.2, -0.15) is 0 Å². The maximum absolute atomic E-state index is 9.89. The molecule has 0 aliphatic heterocycles. The summed E-state index contributed by atoms with van der Waals surface area (Å²) in [5, 5.41) is 0. The second-order valence-corrected chi connectivity index (χ2v) is 4.30. The molecule has 0 amide bonds. The minimum absolute atomic E-state index is 0.536. The summed E-state index contributed by atoms with van der Waals surface area (Å²) >= 11 is 0. The van der Waals surface area contributed by atoms with Crippen LogP contribution in [0.25, 0.3) is 6.08 Å². The molecule has 0 heterocycles. The smallest absolute Gasteiger partial charge is 0.142 e. The predicted octanol–water partition coefficient (Wildman–Crippen LogP) is 3.18. The first-order chi connectivity index (χ1) is 8.33. The lowest BCUT2D eigenvalue weighted by Gasteiger charge is -2.15. The number of carbonyl (C=O) groups excluding carboxylic acids is 1. The van der Waals surface area contributed by atoms with Crippen LogP contribution in [0.4, 0.5) is 0 Å². The van der Waals surface area contributed by atoms with Gasteiger partial charge in [0.2, 0.25) is 0 Å². The second-order valence-electron chi connectivity index (χ2n) is 4.30. The average molecular weight is 231 g/mol. The fourth-order valence-corrected chi connectivity index (χ4v) is 1.85. The Hall–Kier alpha value is -1.41. The molecule has 2 N–H and O–H groups in total. The molecule has 0 bridgehead atoms. The van der Waals surface area contributed by atoms with Gasteiger partial charge in [0, 0.05) is 6.04 Å². The highest BCUT2D eigenvalue weighted by atomic mass is 16.1. The van der Waals surface area contributed by atoms with Crippen LogP contribution in [0.2, 0.25) is 0 Å². The van der Waals surface area contributed by atoms with Crippen LogP contribution in [-0.2, 0) is 4.79 Å². The summed E-state index contributed by atoms with van der Waals surface area (Å²) in [4.78, 5) is 9.89. The van der Waals surface area contributed by atoms with Crippen molar-refractivity contribution in [2.24, 2.45) is 5.73 Å². The van der Waals surface area contributed by atoms with Gasteiger partial charge in [-0.25, -0.2) is 0 Å². The number of benzene rings is 1. The lowest BCUT2D eigenvalue weighted by molar-refractivity contribution is -0.104. The molecule has 0 radical (unpaired) electrons. The monoisotopic (exact) mass is 231 g/mol. The maximum atomic E-state index is 9.89. The van der Waals surface area contributed by atoms with Crippen molar-refractivity contribution >= 4 is 12.4 Å². The van der Waals surface area contributed by atoms with Gasteiger partial charge >= 0.3 is 0 Å². The number of rotatable bonds is 2. The van der Waals surface area contributed by atoms with Gasteiger partial charge in [0.15, 0.2) is 0 Å². The Kier molecular flexibility index (Phi) is 6.99. The SMILES string of the molecule is NC1CCCCC1.O=CC=Cc1ccccc1. The standard InChI is InChI=1S/C9H8O.C6H13N/c10-8-4-7-9-5-2-1-3-6-9;7-6-4-2-1-3-5-6/h1-8H;6H,1-5,7H2. The van der Waals surface area contributed by atoms with E-state index in [1.807, 2.05) is 30.3 Å². The predicted molar refractivity (Wildman–Crippen MR) is 72.6 cm³/mol. The maximum Gasteiger partial charge on any atom is 0.142 e. The van der Waals surface area contributed by atoms with Crippen LogP contribution >= 0.6 is 0 Å². The molecule has 17 heavy (non-hydrogen) atoms. The molecule has 0 atom stereocenters. The molecule has 0 saturated heterocycles. The Morgan fingerprint density at radius 2 is 1.71 bits per heavy atom. The minimum atomic E-state index is 0.536. The Balaban J connectivity index is 0.000000181. The van der Waals surface area contributed by atoms with Crippen molar-refractivity contribution in [1.82, 2.24) is 0 Å². The summed E-state index contributed by atoms with van der Waals surface area (Å²) in [6.45, 7) is 0. The third kappa shape index (κ3) is 6.69. The van der Waals surface area contributed by atoms with E-state index in [9.17, 15) is 4.79 Å². The van der Waals surface area contributed by atoms with Crippen molar-refractivity contribution in [2.45, 2.75) is 38.1 Å². The van der Waals surface area contributed by atoms with Crippen LogP contribution < -0.4 is 5.73 Å². The fraction of sp³-hybridized carbons (Fsp3) is 0.400. The van der Waals surface area contributed by atoms with Crippen LogP contribution in [0, 0.1) is 0 Å². The Bertz CT molecular complexity index is 326. The third-order valence-corrected chi connectivity index (χ3v) is 2.82. The van der Waals surface area contributed by atoms with Gasteiger partial charge in [-0.3, -0.25) is 4.79 Å². The zero-order chi connectivity index (χ0) is 12.3. The zero-order valence-corrected chi connectivity index (χ0v) is 10.2. The normalized spacial score (nSPS) is 16.3. The topological polar surface area (TPSA) is 43.1 Å². The molecule has 1 aromatic carbocycles. The molecule has 2 rings (SSSR count).